The largest absolute Gasteiger partial charge is 0.417 e. The van der Waals surface area contributed by atoms with Gasteiger partial charge in [-0.3, -0.25) is 9.59 Å². The van der Waals surface area contributed by atoms with E-state index in [9.17, 15) is 22.8 Å². The number of carbonyl (C=O) groups excluding carboxylic acids is 2. The Bertz CT molecular complexity index is 1110. The van der Waals surface area contributed by atoms with Crippen LogP contribution in [0.3, 0.4) is 0 Å². The van der Waals surface area contributed by atoms with Gasteiger partial charge >= 0.3 is 6.18 Å². The first-order chi connectivity index (χ1) is 15.3. The quantitative estimate of drug-likeness (QED) is 0.622. The van der Waals surface area contributed by atoms with Gasteiger partial charge in [-0.1, -0.05) is 42.5 Å². The van der Waals surface area contributed by atoms with Crippen LogP contribution in [0.15, 0.2) is 67.0 Å². The molecule has 1 aliphatic rings. The number of amides is 2. The van der Waals surface area contributed by atoms with E-state index in [1.165, 1.54) is 35.5 Å². The highest BCUT2D eigenvalue weighted by Gasteiger charge is 2.36. The van der Waals surface area contributed by atoms with Crippen molar-refractivity contribution >= 4 is 11.8 Å². The highest BCUT2D eigenvalue weighted by Crippen LogP contribution is 2.32. The first kappa shape index (κ1) is 21.5. The molecule has 1 saturated heterocycles. The fraction of sp³-hybridized carbons (Fsp3) is 0.217. The van der Waals surface area contributed by atoms with E-state index in [0.29, 0.717) is 11.4 Å². The Morgan fingerprint density at radius 3 is 1.88 bits per heavy atom. The first-order valence-electron chi connectivity index (χ1n) is 9.97. The second-order valence-electron chi connectivity index (χ2n) is 7.29. The predicted octanol–water partition coefficient (Wildman–Crippen LogP) is 3.76. The number of rotatable bonds is 3. The minimum atomic E-state index is -4.62. The third-order valence-electron chi connectivity index (χ3n) is 5.25. The maximum atomic E-state index is 13.2. The summed E-state index contributed by atoms with van der Waals surface area (Å²) in [7, 11) is 0. The lowest BCUT2D eigenvalue weighted by Gasteiger charge is -2.35. The maximum Gasteiger partial charge on any atom is 0.417 e. The van der Waals surface area contributed by atoms with E-state index in [2.05, 4.69) is 9.97 Å². The van der Waals surface area contributed by atoms with Crippen LogP contribution in [0.1, 0.15) is 26.3 Å². The van der Waals surface area contributed by atoms with Crippen molar-refractivity contribution in [2.75, 3.05) is 26.2 Å². The van der Waals surface area contributed by atoms with Gasteiger partial charge in [-0.15, -0.1) is 0 Å². The molecule has 2 aromatic carbocycles. The normalized spacial score (nSPS) is 14.3. The third kappa shape index (κ3) is 4.46. The lowest BCUT2D eigenvalue weighted by atomic mass is 10.1. The van der Waals surface area contributed by atoms with Crippen LogP contribution >= 0.6 is 0 Å². The van der Waals surface area contributed by atoms with Crippen LogP contribution in [-0.4, -0.2) is 57.8 Å². The molecule has 2 amide bonds. The van der Waals surface area contributed by atoms with Gasteiger partial charge in [-0.2, -0.15) is 13.2 Å². The Labute approximate surface area is 182 Å². The van der Waals surface area contributed by atoms with Crippen LogP contribution < -0.4 is 0 Å². The lowest BCUT2D eigenvalue weighted by molar-refractivity contribution is -0.138. The summed E-state index contributed by atoms with van der Waals surface area (Å²) in [5, 5.41) is 0. The van der Waals surface area contributed by atoms with Gasteiger partial charge in [0, 0.05) is 44.1 Å². The van der Waals surface area contributed by atoms with Gasteiger partial charge in [0.1, 0.15) is 0 Å². The molecule has 0 radical (unpaired) electrons. The summed E-state index contributed by atoms with van der Waals surface area (Å²) >= 11 is 0. The zero-order valence-corrected chi connectivity index (χ0v) is 16.9. The van der Waals surface area contributed by atoms with Crippen LogP contribution in [0.4, 0.5) is 13.2 Å². The zero-order chi connectivity index (χ0) is 22.7. The molecule has 1 aromatic heterocycles. The maximum absolute atomic E-state index is 13.2. The van der Waals surface area contributed by atoms with E-state index in [4.69, 9.17) is 0 Å². The predicted molar refractivity (Wildman–Crippen MR) is 111 cm³/mol. The molecule has 2 heterocycles. The summed E-state index contributed by atoms with van der Waals surface area (Å²) in [6.45, 7) is 0.692. The molecular weight excluding hydrogens is 421 g/mol. The molecule has 0 saturated carbocycles. The van der Waals surface area contributed by atoms with Gasteiger partial charge in [0.05, 0.1) is 16.7 Å². The van der Waals surface area contributed by atoms with E-state index < -0.39 is 17.6 Å². The van der Waals surface area contributed by atoms with Crippen molar-refractivity contribution in [3.63, 3.8) is 0 Å². The molecule has 0 spiro atoms. The molecular formula is C23H19F3N4O2. The average molecular weight is 440 g/mol. The van der Waals surface area contributed by atoms with Crippen molar-refractivity contribution < 1.29 is 22.8 Å². The summed E-state index contributed by atoms with van der Waals surface area (Å²) in [5.74, 6) is -0.478. The summed E-state index contributed by atoms with van der Waals surface area (Å²) < 4.78 is 39.7. The van der Waals surface area contributed by atoms with E-state index in [0.717, 1.165) is 11.6 Å². The van der Waals surface area contributed by atoms with E-state index in [1.807, 2.05) is 30.3 Å². The van der Waals surface area contributed by atoms with Gasteiger partial charge in [0.25, 0.3) is 11.8 Å². The Balaban J connectivity index is 1.41. The zero-order valence-electron chi connectivity index (χ0n) is 16.9. The highest BCUT2D eigenvalue weighted by atomic mass is 19.4. The fourth-order valence-corrected chi connectivity index (χ4v) is 3.56. The van der Waals surface area contributed by atoms with Crippen molar-refractivity contribution in [1.29, 1.82) is 0 Å². The smallest absolute Gasteiger partial charge is 0.335 e. The minimum absolute atomic E-state index is 0.139. The van der Waals surface area contributed by atoms with Gasteiger partial charge in [-0.05, 0) is 12.1 Å². The second kappa shape index (κ2) is 8.78. The molecule has 1 aliphatic heterocycles. The molecule has 0 atom stereocenters. The Hall–Kier alpha value is -3.75. The van der Waals surface area contributed by atoms with Gasteiger partial charge < -0.3 is 9.80 Å². The second-order valence-corrected chi connectivity index (χ2v) is 7.29. The molecule has 0 aliphatic carbocycles. The number of alkyl halides is 3. The first-order valence-corrected chi connectivity index (χ1v) is 9.97. The minimum Gasteiger partial charge on any atom is -0.335 e. The fourth-order valence-electron chi connectivity index (χ4n) is 3.56. The topological polar surface area (TPSA) is 66.4 Å². The summed E-state index contributed by atoms with van der Waals surface area (Å²) in [6.07, 6.45) is -1.71. The molecule has 0 N–H and O–H groups in total. The van der Waals surface area contributed by atoms with Crippen molar-refractivity contribution in [3.8, 4) is 11.4 Å². The number of carbonyl (C=O) groups is 2. The van der Waals surface area contributed by atoms with Crippen LogP contribution in [0.25, 0.3) is 11.4 Å². The highest BCUT2D eigenvalue weighted by molar-refractivity contribution is 5.97. The SMILES string of the molecule is O=C(c1cnc(-c2ccccc2)nc1)N1CCN(C(=O)c2ccccc2C(F)(F)F)CC1. The molecule has 9 heteroatoms. The van der Waals surface area contributed by atoms with E-state index >= 15 is 0 Å². The Morgan fingerprint density at radius 1 is 0.750 bits per heavy atom. The molecule has 3 aromatic rings. The standard InChI is InChI=1S/C23H19F3N4O2/c24-23(25,26)19-9-5-4-8-18(19)22(32)30-12-10-29(11-13-30)21(31)17-14-27-20(28-15-17)16-6-2-1-3-7-16/h1-9,14-15H,10-13H2. The van der Waals surface area contributed by atoms with Gasteiger partial charge in [0.2, 0.25) is 0 Å². The molecule has 32 heavy (non-hydrogen) atoms. The summed E-state index contributed by atoms with van der Waals surface area (Å²) in [4.78, 5) is 36.8. The molecule has 6 nitrogen and oxygen atoms in total. The summed E-state index contributed by atoms with van der Waals surface area (Å²) in [5.41, 5.74) is -0.200. The molecule has 0 bridgehead atoms. The lowest BCUT2D eigenvalue weighted by Crippen LogP contribution is -2.50. The van der Waals surface area contributed by atoms with Crippen LogP contribution in [-0.2, 0) is 6.18 Å². The number of hydrogen-bond acceptors (Lipinski definition) is 4. The number of benzene rings is 2. The Morgan fingerprint density at radius 2 is 1.28 bits per heavy atom. The number of aromatic nitrogens is 2. The third-order valence-corrected chi connectivity index (χ3v) is 5.25. The van der Waals surface area contributed by atoms with Crippen molar-refractivity contribution in [1.82, 2.24) is 19.8 Å². The number of nitrogens with zero attached hydrogens (tertiary/aromatic N) is 4. The monoisotopic (exact) mass is 440 g/mol. The van der Waals surface area contributed by atoms with E-state index in [-0.39, 0.29) is 37.6 Å². The van der Waals surface area contributed by atoms with Gasteiger partial charge in [-0.25, -0.2) is 9.97 Å². The number of halogens is 3. The average Bonchev–Trinajstić information content (AvgIpc) is 2.83. The molecule has 1 fully saturated rings. The van der Waals surface area contributed by atoms with Crippen molar-refractivity contribution in [2.45, 2.75) is 6.18 Å². The van der Waals surface area contributed by atoms with Crippen molar-refractivity contribution in [3.05, 3.63) is 83.7 Å². The molecule has 0 unspecified atom stereocenters. The van der Waals surface area contributed by atoms with Crippen molar-refractivity contribution in [2.24, 2.45) is 0 Å². The number of hydrogen-bond donors (Lipinski definition) is 0. The Kier molecular flexibility index (Phi) is 5.89. The van der Waals surface area contributed by atoms with Crippen LogP contribution in [0.2, 0.25) is 0 Å². The molecule has 4 rings (SSSR count). The molecule has 164 valence electrons. The summed E-state index contributed by atoms with van der Waals surface area (Å²) in [6, 6.07) is 14.1. The van der Waals surface area contributed by atoms with Crippen LogP contribution in [0, 0.1) is 0 Å². The van der Waals surface area contributed by atoms with E-state index in [1.54, 1.807) is 4.90 Å². The number of piperazine rings is 1. The van der Waals surface area contributed by atoms with Gasteiger partial charge in [0.15, 0.2) is 5.82 Å². The van der Waals surface area contributed by atoms with Crippen LogP contribution in [0.5, 0.6) is 0 Å².